The van der Waals surface area contributed by atoms with E-state index in [1.54, 1.807) is 11.1 Å². The van der Waals surface area contributed by atoms with E-state index < -0.39 is 5.41 Å². The summed E-state index contributed by atoms with van der Waals surface area (Å²) in [7, 11) is 0. The van der Waals surface area contributed by atoms with Crippen LogP contribution in [0.4, 0.5) is 5.69 Å². The number of aryl methyl sites for hydroxylation is 1. The van der Waals surface area contributed by atoms with Crippen molar-refractivity contribution in [2.45, 2.75) is 38.0 Å². The van der Waals surface area contributed by atoms with Crippen molar-refractivity contribution < 1.29 is 9.59 Å². The van der Waals surface area contributed by atoms with Gasteiger partial charge in [0.05, 0.1) is 16.7 Å². The molecule has 134 valence electrons. The fourth-order valence-electron chi connectivity index (χ4n) is 4.15. The molecule has 2 aliphatic heterocycles. The van der Waals surface area contributed by atoms with E-state index >= 15 is 0 Å². The molecule has 0 radical (unpaired) electrons. The molecule has 1 saturated heterocycles. The maximum Gasteiger partial charge on any atom is 0.257 e. The first-order valence-electron chi connectivity index (χ1n) is 9.15. The van der Waals surface area contributed by atoms with Crippen LogP contribution >= 0.6 is 0 Å². The van der Waals surface area contributed by atoms with Crippen LogP contribution in [0, 0.1) is 0 Å². The Balaban J connectivity index is 1.66. The lowest BCUT2D eigenvalue weighted by molar-refractivity contribution is -0.122. The second-order valence-corrected chi connectivity index (χ2v) is 7.05. The Labute approximate surface area is 152 Å². The van der Waals surface area contributed by atoms with Crippen LogP contribution in [0.3, 0.4) is 0 Å². The molecule has 3 heterocycles. The average Bonchev–Trinajstić information content (AvgIpc) is 2.93. The van der Waals surface area contributed by atoms with Crippen molar-refractivity contribution in [3.8, 4) is 0 Å². The van der Waals surface area contributed by atoms with Crippen LogP contribution in [-0.2, 0) is 16.6 Å². The Bertz CT molecular complexity index is 866. The Kier molecular flexibility index (Phi) is 4.18. The van der Waals surface area contributed by atoms with Gasteiger partial charge in [0.2, 0.25) is 5.91 Å². The number of carbonyl (C=O) groups is 2. The quantitative estimate of drug-likeness (QED) is 0.923. The predicted octanol–water partition coefficient (Wildman–Crippen LogP) is 2.56. The number of hydrogen-bond acceptors (Lipinski definition) is 4. The van der Waals surface area contributed by atoms with Crippen LogP contribution in [0.5, 0.6) is 0 Å². The summed E-state index contributed by atoms with van der Waals surface area (Å²) in [5.74, 6) is -0.0837. The molecule has 1 aromatic heterocycles. The van der Waals surface area contributed by atoms with Crippen LogP contribution in [0.1, 0.15) is 47.8 Å². The highest BCUT2D eigenvalue weighted by atomic mass is 16.2. The minimum absolute atomic E-state index is 0.00528. The molecule has 0 aliphatic carbocycles. The summed E-state index contributed by atoms with van der Waals surface area (Å²) in [6.07, 6.45) is 6.30. The van der Waals surface area contributed by atoms with Crippen molar-refractivity contribution in [1.82, 2.24) is 14.9 Å². The van der Waals surface area contributed by atoms with Gasteiger partial charge in [-0.2, -0.15) is 0 Å². The van der Waals surface area contributed by atoms with Crippen LogP contribution in [0.15, 0.2) is 36.8 Å². The van der Waals surface area contributed by atoms with Crippen molar-refractivity contribution >= 4 is 17.5 Å². The molecule has 2 amide bonds. The van der Waals surface area contributed by atoms with Gasteiger partial charge in [-0.1, -0.05) is 31.5 Å². The molecule has 2 aliphatic rings. The number of amides is 2. The number of anilines is 1. The van der Waals surface area contributed by atoms with E-state index in [0.717, 1.165) is 42.6 Å². The van der Waals surface area contributed by atoms with Crippen molar-refractivity contribution in [2.24, 2.45) is 0 Å². The third kappa shape index (κ3) is 2.57. The van der Waals surface area contributed by atoms with Gasteiger partial charge >= 0.3 is 0 Å². The standard InChI is InChI=1S/C20H22N4O2/c1-2-6-16-14(11-21-13-22-16)18(25)24-10-5-9-20(12-24)15-7-3-4-8-17(15)23-19(20)26/h3-4,7-8,11,13H,2,5-6,9-10,12H2,1H3,(H,23,26)/t20-/m1/s1. The molecule has 2 aromatic rings. The molecular formula is C20H22N4O2. The largest absolute Gasteiger partial charge is 0.337 e. The topological polar surface area (TPSA) is 75.2 Å². The zero-order valence-electron chi connectivity index (χ0n) is 14.9. The smallest absolute Gasteiger partial charge is 0.257 e. The fraction of sp³-hybridized carbons (Fsp3) is 0.400. The average molecular weight is 350 g/mol. The molecule has 1 atom stereocenters. The minimum atomic E-state index is -0.648. The molecule has 1 aromatic carbocycles. The Morgan fingerprint density at radius 2 is 2.19 bits per heavy atom. The van der Waals surface area contributed by atoms with Gasteiger partial charge in [-0.15, -0.1) is 0 Å². The predicted molar refractivity (Wildman–Crippen MR) is 97.9 cm³/mol. The first kappa shape index (κ1) is 16.7. The van der Waals surface area contributed by atoms with Crippen molar-refractivity contribution in [1.29, 1.82) is 0 Å². The highest BCUT2D eigenvalue weighted by Gasteiger charge is 2.50. The molecule has 0 unspecified atom stereocenters. The number of benzene rings is 1. The number of nitrogens with zero attached hydrogens (tertiary/aromatic N) is 3. The molecule has 1 spiro atoms. The highest BCUT2D eigenvalue weighted by molar-refractivity contribution is 6.07. The summed E-state index contributed by atoms with van der Waals surface area (Å²) in [6.45, 7) is 3.11. The van der Waals surface area contributed by atoms with E-state index in [9.17, 15) is 9.59 Å². The maximum atomic E-state index is 13.2. The molecule has 6 nitrogen and oxygen atoms in total. The van der Waals surface area contributed by atoms with Crippen LogP contribution in [0.2, 0.25) is 0 Å². The Morgan fingerprint density at radius 3 is 3.04 bits per heavy atom. The molecule has 26 heavy (non-hydrogen) atoms. The van der Waals surface area contributed by atoms with Crippen molar-refractivity contribution in [3.63, 3.8) is 0 Å². The van der Waals surface area contributed by atoms with Gasteiger partial charge in [-0.05, 0) is 30.9 Å². The molecule has 1 N–H and O–H groups in total. The zero-order valence-corrected chi connectivity index (χ0v) is 14.9. The fourth-order valence-corrected chi connectivity index (χ4v) is 4.15. The van der Waals surface area contributed by atoms with Crippen LogP contribution in [0.25, 0.3) is 0 Å². The molecule has 1 fully saturated rings. The van der Waals surface area contributed by atoms with E-state index in [4.69, 9.17) is 0 Å². The first-order valence-corrected chi connectivity index (χ1v) is 9.15. The normalized spacial score (nSPS) is 21.6. The molecule has 0 saturated carbocycles. The van der Waals surface area contributed by atoms with E-state index in [0.29, 0.717) is 18.7 Å². The van der Waals surface area contributed by atoms with Crippen molar-refractivity contribution in [3.05, 3.63) is 53.6 Å². The van der Waals surface area contributed by atoms with E-state index in [1.165, 1.54) is 6.33 Å². The SMILES string of the molecule is CCCc1ncncc1C(=O)N1CCC[C@]2(C1)C(=O)Nc1ccccc12. The number of piperidine rings is 1. The third-order valence-corrected chi connectivity index (χ3v) is 5.42. The number of aromatic nitrogens is 2. The summed E-state index contributed by atoms with van der Waals surface area (Å²) in [5.41, 5.74) is 2.55. The second kappa shape index (κ2) is 6.52. The number of nitrogens with one attached hydrogen (secondary N) is 1. The Hall–Kier alpha value is -2.76. The van der Waals surface area contributed by atoms with Gasteiger partial charge in [0.1, 0.15) is 6.33 Å². The molecule has 0 bridgehead atoms. The lowest BCUT2D eigenvalue weighted by Gasteiger charge is -2.39. The lowest BCUT2D eigenvalue weighted by Crippen LogP contribution is -2.52. The number of rotatable bonds is 3. The van der Waals surface area contributed by atoms with E-state index in [2.05, 4.69) is 22.2 Å². The number of fused-ring (bicyclic) bond motifs is 2. The molecular weight excluding hydrogens is 328 g/mol. The van der Waals surface area contributed by atoms with Crippen LogP contribution in [-0.4, -0.2) is 39.8 Å². The monoisotopic (exact) mass is 350 g/mol. The highest BCUT2D eigenvalue weighted by Crippen LogP contribution is 2.43. The second-order valence-electron chi connectivity index (χ2n) is 7.05. The number of carbonyl (C=O) groups excluding carboxylic acids is 2. The van der Waals surface area contributed by atoms with Gasteiger partial charge in [-0.25, -0.2) is 9.97 Å². The zero-order chi connectivity index (χ0) is 18.1. The first-order chi connectivity index (χ1) is 12.7. The van der Waals surface area contributed by atoms with E-state index in [-0.39, 0.29) is 11.8 Å². The number of likely N-dealkylation sites (tertiary alicyclic amines) is 1. The summed E-state index contributed by atoms with van der Waals surface area (Å²) < 4.78 is 0. The van der Waals surface area contributed by atoms with E-state index in [1.807, 2.05) is 24.3 Å². The van der Waals surface area contributed by atoms with Crippen molar-refractivity contribution in [2.75, 3.05) is 18.4 Å². The van der Waals surface area contributed by atoms with Gasteiger partial charge < -0.3 is 10.2 Å². The summed E-state index contributed by atoms with van der Waals surface area (Å²) in [6, 6.07) is 7.79. The minimum Gasteiger partial charge on any atom is -0.337 e. The summed E-state index contributed by atoms with van der Waals surface area (Å²) in [5, 5.41) is 2.99. The summed E-state index contributed by atoms with van der Waals surface area (Å²) >= 11 is 0. The van der Waals surface area contributed by atoms with Gasteiger partial charge in [0.25, 0.3) is 5.91 Å². The molecule has 6 heteroatoms. The number of hydrogen-bond donors (Lipinski definition) is 1. The summed E-state index contributed by atoms with van der Waals surface area (Å²) in [4.78, 5) is 36.1. The van der Waals surface area contributed by atoms with Crippen LogP contribution < -0.4 is 5.32 Å². The van der Waals surface area contributed by atoms with Gasteiger partial charge in [0, 0.05) is 25.0 Å². The van der Waals surface area contributed by atoms with Gasteiger partial charge in [-0.3, -0.25) is 9.59 Å². The molecule has 4 rings (SSSR count). The third-order valence-electron chi connectivity index (χ3n) is 5.42. The van der Waals surface area contributed by atoms with Gasteiger partial charge in [0.15, 0.2) is 0 Å². The maximum absolute atomic E-state index is 13.2. The lowest BCUT2D eigenvalue weighted by atomic mass is 9.75. The Morgan fingerprint density at radius 1 is 1.35 bits per heavy atom. The number of para-hydroxylation sites is 1.